The summed E-state index contributed by atoms with van der Waals surface area (Å²) in [6, 6.07) is 7.20. The molecule has 15 heavy (non-hydrogen) atoms. The van der Waals surface area contributed by atoms with Crippen molar-refractivity contribution >= 4 is 10.9 Å². The van der Waals surface area contributed by atoms with Crippen LogP contribution in [0.4, 0.5) is 0 Å². The third-order valence-electron chi connectivity index (χ3n) is 2.51. The molecule has 1 atom stereocenters. The van der Waals surface area contributed by atoms with Crippen molar-refractivity contribution in [3.8, 4) is 0 Å². The van der Waals surface area contributed by atoms with E-state index in [1.165, 1.54) is 0 Å². The molecule has 4 heteroatoms. The molecule has 0 saturated heterocycles. The first-order valence-corrected chi connectivity index (χ1v) is 4.85. The molecule has 2 rings (SSSR count). The number of benzene rings is 1. The van der Waals surface area contributed by atoms with E-state index in [1.807, 2.05) is 30.5 Å². The Morgan fingerprint density at radius 2 is 2.00 bits per heavy atom. The van der Waals surface area contributed by atoms with Crippen LogP contribution in [0, 0.1) is 0 Å². The van der Waals surface area contributed by atoms with Crippen molar-refractivity contribution in [1.82, 2.24) is 4.98 Å². The number of aromatic nitrogens is 1. The van der Waals surface area contributed by atoms with Gasteiger partial charge in [-0.3, -0.25) is 0 Å². The maximum Gasteiger partial charge on any atom is 0.167 e. The number of H-pyrrole nitrogens is 1. The van der Waals surface area contributed by atoms with Gasteiger partial charge < -0.3 is 20.9 Å². The van der Waals surface area contributed by atoms with Crippen molar-refractivity contribution in [1.29, 1.82) is 0 Å². The fourth-order valence-electron chi connectivity index (χ4n) is 1.66. The Labute approximate surface area is 87.3 Å². The van der Waals surface area contributed by atoms with Crippen LogP contribution < -0.4 is 5.73 Å². The van der Waals surface area contributed by atoms with Crippen LogP contribution in [0.25, 0.3) is 10.9 Å². The second kappa shape index (κ2) is 4.02. The van der Waals surface area contributed by atoms with Gasteiger partial charge in [-0.1, -0.05) is 18.2 Å². The highest BCUT2D eigenvalue weighted by molar-refractivity contribution is 5.83. The molecule has 0 aliphatic rings. The number of hydrogen-bond acceptors (Lipinski definition) is 3. The number of aliphatic hydroxyl groups excluding tert-OH is 1. The number of nitrogens with one attached hydrogen (secondary N) is 1. The molecule has 1 heterocycles. The summed E-state index contributed by atoms with van der Waals surface area (Å²) in [6.45, 7) is 0. The summed E-state index contributed by atoms with van der Waals surface area (Å²) < 4.78 is 0. The van der Waals surface area contributed by atoms with Crippen LogP contribution >= 0.6 is 0 Å². The van der Waals surface area contributed by atoms with E-state index in [2.05, 4.69) is 4.98 Å². The van der Waals surface area contributed by atoms with Crippen LogP contribution in [0.3, 0.4) is 0 Å². The van der Waals surface area contributed by atoms with E-state index in [4.69, 9.17) is 15.9 Å². The van der Waals surface area contributed by atoms with Gasteiger partial charge in [-0.25, -0.2) is 0 Å². The Balaban J connectivity index is 2.29. The van der Waals surface area contributed by atoms with E-state index in [1.54, 1.807) is 0 Å². The van der Waals surface area contributed by atoms with Gasteiger partial charge in [0.05, 0.1) is 6.04 Å². The van der Waals surface area contributed by atoms with E-state index in [0.717, 1.165) is 16.5 Å². The summed E-state index contributed by atoms with van der Waals surface area (Å²) in [6.07, 6.45) is 0.827. The fraction of sp³-hybridized carbons (Fsp3) is 0.273. The zero-order valence-electron chi connectivity index (χ0n) is 8.22. The quantitative estimate of drug-likeness (QED) is 0.547. The molecule has 0 saturated carbocycles. The average Bonchev–Trinajstić information content (AvgIpc) is 2.62. The first-order valence-electron chi connectivity index (χ1n) is 4.85. The molecule has 1 aromatic heterocycles. The zero-order chi connectivity index (χ0) is 10.8. The molecule has 0 bridgehead atoms. The molecule has 1 aromatic carbocycles. The number of fused-ring (bicyclic) bond motifs is 1. The van der Waals surface area contributed by atoms with Crippen LogP contribution in [0.5, 0.6) is 0 Å². The summed E-state index contributed by atoms with van der Waals surface area (Å²) in [7, 11) is 0. The standard InChI is InChI=1S/C11H14N2O2/c12-9(11(14)15)5-7-6-13-10-4-2-1-3-8(7)10/h1-4,6,9,11,13-15H,5,12H2. The second-order valence-corrected chi connectivity index (χ2v) is 3.64. The molecule has 1 unspecified atom stereocenters. The lowest BCUT2D eigenvalue weighted by Crippen LogP contribution is -2.36. The van der Waals surface area contributed by atoms with Crippen LogP contribution in [-0.2, 0) is 6.42 Å². The van der Waals surface area contributed by atoms with Gasteiger partial charge in [-0.15, -0.1) is 0 Å². The number of aliphatic hydroxyl groups is 2. The van der Waals surface area contributed by atoms with Crippen LogP contribution in [0.2, 0.25) is 0 Å². The van der Waals surface area contributed by atoms with Crippen molar-refractivity contribution in [2.75, 3.05) is 0 Å². The lowest BCUT2D eigenvalue weighted by Gasteiger charge is -2.12. The Morgan fingerprint density at radius 3 is 2.73 bits per heavy atom. The SMILES string of the molecule is NC(Cc1c[nH]c2ccccc12)C(O)O. The van der Waals surface area contributed by atoms with E-state index in [9.17, 15) is 0 Å². The number of para-hydroxylation sites is 1. The number of hydrogen-bond donors (Lipinski definition) is 4. The second-order valence-electron chi connectivity index (χ2n) is 3.64. The summed E-state index contributed by atoms with van der Waals surface area (Å²) >= 11 is 0. The van der Waals surface area contributed by atoms with Gasteiger partial charge in [0.25, 0.3) is 0 Å². The topological polar surface area (TPSA) is 82.3 Å². The van der Waals surface area contributed by atoms with Gasteiger partial charge in [0.15, 0.2) is 6.29 Å². The van der Waals surface area contributed by atoms with Gasteiger partial charge in [0.1, 0.15) is 0 Å². The van der Waals surface area contributed by atoms with E-state index >= 15 is 0 Å². The summed E-state index contributed by atoms with van der Waals surface area (Å²) in [5.74, 6) is 0. The largest absolute Gasteiger partial charge is 0.367 e. The minimum atomic E-state index is -1.47. The monoisotopic (exact) mass is 206 g/mol. The third-order valence-corrected chi connectivity index (χ3v) is 2.51. The molecular weight excluding hydrogens is 192 g/mol. The Morgan fingerprint density at radius 1 is 1.27 bits per heavy atom. The Hall–Kier alpha value is -1.36. The minimum absolute atomic E-state index is 0.446. The fourth-order valence-corrected chi connectivity index (χ4v) is 1.66. The highest BCUT2D eigenvalue weighted by Crippen LogP contribution is 2.18. The van der Waals surface area contributed by atoms with E-state index in [-0.39, 0.29) is 0 Å². The molecule has 0 fully saturated rings. The maximum atomic E-state index is 8.91. The number of aromatic amines is 1. The minimum Gasteiger partial charge on any atom is -0.367 e. The van der Waals surface area contributed by atoms with Crippen LogP contribution in [-0.4, -0.2) is 27.5 Å². The predicted octanol–water partition coefficient (Wildman–Crippen LogP) is 0.348. The molecule has 2 aromatic rings. The third kappa shape index (κ3) is 2.02. The van der Waals surface area contributed by atoms with Crippen molar-refractivity contribution in [2.24, 2.45) is 5.73 Å². The van der Waals surface area contributed by atoms with Gasteiger partial charge in [-0.05, 0) is 18.1 Å². The Kier molecular flexibility index (Phi) is 2.73. The van der Waals surface area contributed by atoms with E-state index in [0.29, 0.717) is 6.42 Å². The van der Waals surface area contributed by atoms with Gasteiger partial charge >= 0.3 is 0 Å². The Bertz CT molecular complexity index is 451. The van der Waals surface area contributed by atoms with Gasteiger partial charge in [-0.2, -0.15) is 0 Å². The maximum absolute atomic E-state index is 8.91. The van der Waals surface area contributed by atoms with Gasteiger partial charge in [0, 0.05) is 17.1 Å². The highest BCUT2D eigenvalue weighted by atomic mass is 16.5. The lowest BCUT2D eigenvalue weighted by molar-refractivity contribution is -0.0576. The predicted molar refractivity (Wildman–Crippen MR) is 58.2 cm³/mol. The molecule has 0 radical (unpaired) electrons. The van der Waals surface area contributed by atoms with Crippen molar-refractivity contribution < 1.29 is 10.2 Å². The molecule has 0 aliphatic heterocycles. The first kappa shape index (κ1) is 10.2. The molecule has 0 spiro atoms. The lowest BCUT2D eigenvalue weighted by atomic mass is 10.1. The summed E-state index contributed by atoms with van der Waals surface area (Å²) in [4.78, 5) is 3.11. The first-order chi connectivity index (χ1) is 7.18. The normalized spacial score (nSPS) is 13.6. The highest BCUT2D eigenvalue weighted by Gasteiger charge is 2.13. The van der Waals surface area contributed by atoms with Crippen molar-refractivity contribution in [3.63, 3.8) is 0 Å². The van der Waals surface area contributed by atoms with E-state index < -0.39 is 12.3 Å². The van der Waals surface area contributed by atoms with Crippen molar-refractivity contribution in [2.45, 2.75) is 18.8 Å². The smallest absolute Gasteiger partial charge is 0.167 e. The molecular formula is C11H14N2O2. The van der Waals surface area contributed by atoms with Crippen molar-refractivity contribution in [3.05, 3.63) is 36.0 Å². The molecule has 80 valence electrons. The summed E-state index contributed by atoms with van der Waals surface area (Å²) in [5.41, 5.74) is 7.62. The summed E-state index contributed by atoms with van der Waals surface area (Å²) in [5, 5.41) is 18.9. The average molecular weight is 206 g/mol. The number of nitrogens with two attached hydrogens (primary N) is 1. The molecule has 5 N–H and O–H groups in total. The zero-order valence-corrected chi connectivity index (χ0v) is 8.22. The van der Waals surface area contributed by atoms with Crippen LogP contribution in [0.1, 0.15) is 5.56 Å². The molecule has 4 nitrogen and oxygen atoms in total. The van der Waals surface area contributed by atoms with Crippen LogP contribution in [0.15, 0.2) is 30.5 Å². The van der Waals surface area contributed by atoms with Gasteiger partial charge in [0.2, 0.25) is 0 Å². The number of rotatable bonds is 3. The molecule has 0 amide bonds. The molecule has 0 aliphatic carbocycles.